The first-order valence-electron chi connectivity index (χ1n) is 10.4. The summed E-state index contributed by atoms with van der Waals surface area (Å²) in [5.74, 6) is 0.480. The van der Waals surface area contributed by atoms with E-state index in [2.05, 4.69) is 9.55 Å². The molecule has 1 aliphatic rings. The molecule has 5 nitrogen and oxygen atoms in total. The van der Waals surface area contributed by atoms with Gasteiger partial charge < -0.3 is 14.7 Å². The summed E-state index contributed by atoms with van der Waals surface area (Å²) in [7, 11) is 0. The summed E-state index contributed by atoms with van der Waals surface area (Å²) in [5, 5.41) is 0. The third-order valence-electron chi connectivity index (χ3n) is 5.99. The van der Waals surface area contributed by atoms with E-state index in [4.69, 9.17) is 10.2 Å². The second kappa shape index (κ2) is 7.55. The summed E-state index contributed by atoms with van der Waals surface area (Å²) in [6.07, 6.45) is -0.371. The van der Waals surface area contributed by atoms with Crippen molar-refractivity contribution in [2.45, 2.75) is 37.9 Å². The van der Waals surface area contributed by atoms with E-state index < -0.39 is 17.6 Å². The molecular formula is C24H20F3N3O2. The number of primary amides is 1. The Labute approximate surface area is 181 Å². The third-order valence-corrected chi connectivity index (χ3v) is 5.99. The number of hydrogen-bond donors (Lipinski definition) is 1. The van der Waals surface area contributed by atoms with Crippen LogP contribution in [0.3, 0.4) is 0 Å². The Morgan fingerprint density at radius 2 is 1.75 bits per heavy atom. The lowest BCUT2D eigenvalue weighted by Gasteiger charge is -2.15. The molecule has 8 heteroatoms. The van der Waals surface area contributed by atoms with Gasteiger partial charge in [0, 0.05) is 17.2 Å². The number of nitrogens with zero attached hydrogens (tertiary/aromatic N) is 2. The lowest BCUT2D eigenvalue weighted by molar-refractivity contribution is -0.137. The summed E-state index contributed by atoms with van der Waals surface area (Å²) in [5.41, 5.74) is 6.42. The van der Waals surface area contributed by atoms with Crippen molar-refractivity contribution >= 4 is 16.9 Å². The number of amides is 1. The largest absolute Gasteiger partial charge is 0.453 e. The highest BCUT2D eigenvalue weighted by Crippen LogP contribution is 2.41. The normalized spacial score (nSPS) is 15.0. The topological polar surface area (TPSA) is 74.1 Å². The number of furan rings is 1. The van der Waals surface area contributed by atoms with Gasteiger partial charge >= 0.3 is 6.18 Å². The zero-order valence-corrected chi connectivity index (χ0v) is 17.0. The first-order chi connectivity index (χ1) is 15.3. The average Bonchev–Trinajstić information content (AvgIpc) is 3.50. The molecule has 2 N–H and O–H groups in total. The Balaban J connectivity index is 1.65. The minimum Gasteiger partial charge on any atom is -0.453 e. The van der Waals surface area contributed by atoms with Gasteiger partial charge in [-0.2, -0.15) is 13.2 Å². The van der Waals surface area contributed by atoms with Crippen LogP contribution in [0.2, 0.25) is 0 Å². The van der Waals surface area contributed by atoms with Gasteiger partial charge in [-0.05, 0) is 49.2 Å². The number of rotatable bonds is 4. The van der Waals surface area contributed by atoms with Crippen molar-refractivity contribution in [2.75, 3.05) is 0 Å². The lowest BCUT2D eigenvalue weighted by atomic mass is 10.1. The number of carbonyl (C=O) groups excluding carboxylic acids is 1. The summed E-state index contributed by atoms with van der Waals surface area (Å²) in [6, 6.07) is 13.8. The fourth-order valence-electron chi connectivity index (χ4n) is 4.51. The minimum absolute atomic E-state index is 0.0224. The van der Waals surface area contributed by atoms with Gasteiger partial charge in [-0.15, -0.1) is 0 Å². The van der Waals surface area contributed by atoms with Crippen molar-refractivity contribution in [3.05, 3.63) is 65.7 Å². The molecule has 0 atom stereocenters. The predicted octanol–water partition coefficient (Wildman–Crippen LogP) is 6.20. The molecule has 2 aromatic heterocycles. The number of alkyl halides is 3. The summed E-state index contributed by atoms with van der Waals surface area (Å²) in [6.45, 7) is 0. The minimum atomic E-state index is -4.49. The number of hydrogen-bond acceptors (Lipinski definition) is 3. The van der Waals surface area contributed by atoms with Gasteiger partial charge in [0.1, 0.15) is 5.76 Å². The van der Waals surface area contributed by atoms with E-state index in [-0.39, 0.29) is 17.4 Å². The van der Waals surface area contributed by atoms with Gasteiger partial charge in [0.25, 0.3) is 0 Å². The third kappa shape index (κ3) is 3.45. The highest BCUT2D eigenvalue weighted by atomic mass is 19.4. The molecule has 0 spiro atoms. The molecule has 1 fully saturated rings. The van der Waals surface area contributed by atoms with Crippen LogP contribution in [0.5, 0.6) is 0 Å². The summed E-state index contributed by atoms with van der Waals surface area (Å²) < 4.78 is 48.4. The average molecular weight is 439 g/mol. The first-order valence-corrected chi connectivity index (χ1v) is 10.4. The summed E-state index contributed by atoms with van der Waals surface area (Å²) in [4.78, 5) is 16.3. The molecule has 32 heavy (non-hydrogen) atoms. The van der Waals surface area contributed by atoms with Crippen LogP contribution in [0.15, 0.2) is 59.0 Å². The Morgan fingerprint density at radius 3 is 2.47 bits per heavy atom. The van der Waals surface area contributed by atoms with Crippen molar-refractivity contribution in [3.8, 4) is 22.9 Å². The number of aromatic nitrogens is 2. The molecule has 0 radical (unpaired) electrons. The molecule has 0 aliphatic heterocycles. The Hall–Kier alpha value is -3.55. The molecule has 1 aliphatic carbocycles. The zero-order chi connectivity index (χ0) is 22.5. The van der Waals surface area contributed by atoms with E-state index in [0.717, 1.165) is 37.3 Å². The highest BCUT2D eigenvalue weighted by molar-refractivity contribution is 5.96. The van der Waals surface area contributed by atoms with Gasteiger partial charge in [-0.3, -0.25) is 4.79 Å². The molecule has 0 saturated heterocycles. The maximum Gasteiger partial charge on any atom is 0.417 e. The van der Waals surface area contributed by atoms with Crippen LogP contribution in [-0.2, 0) is 6.18 Å². The van der Waals surface area contributed by atoms with E-state index in [9.17, 15) is 18.0 Å². The zero-order valence-electron chi connectivity index (χ0n) is 17.0. The number of halogens is 3. The van der Waals surface area contributed by atoms with Crippen molar-refractivity contribution in [2.24, 2.45) is 5.73 Å². The van der Waals surface area contributed by atoms with Gasteiger partial charge in [-0.25, -0.2) is 4.98 Å². The van der Waals surface area contributed by atoms with Crippen LogP contribution in [0.25, 0.3) is 33.9 Å². The SMILES string of the molecule is NC(=O)c1ccc2c(c1)nc(-c1ccc(-c3ccccc3C(F)(F)F)o1)n2C1CCCC1. The van der Waals surface area contributed by atoms with Gasteiger partial charge in [0.15, 0.2) is 11.6 Å². The van der Waals surface area contributed by atoms with Gasteiger partial charge in [0.05, 0.1) is 16.6 Å². The van der Waals surface area contributed by atoms with Crippen molar-refractivity contribution in [1.29, 1.82) is 0 Å². The van der Waals surface area contributed by atoms with Crippen LogP contribution in [0, 0.1) is 0 Å². The van der Waals surface area contributed by atoms with Crippen LogP contribution < -0.4 is 5.73 Å². The van der Waals surface area contributed by atoms with Crippen molar-refractivity contribution in [1.82, 2.24) is 9.55 Å². The molecule has 0 unspecified atom stereocenters. The standard InChI is InChI=1S/C24H20F3N3O2/c25-24(26,27)17-8-4-3-7-16(17)20-11-12-21(32-20)23-29-18-13-14(22(28)31)9-10-19(18)30(23)15-5-1-2-6-15/h3-4,7-13,15H,1-2,5-6H2,(H2,28,31). The second-order valence-electron chi connectivity index (χ2n) is 8.02. The van der Waals surface area contributed by atoms with E-state index >= 15 is 0 Å². The van der Waals surface area contributed by atoms with E-state index in [1.165, 1.54) is 18.2 Å². The molecule has 4 aromatic rings. The monoisotopic (exact) mass is 439 g/mol. The van der Waals surface area contributed by atoms with Crippen LogP contribution >= 0.6 is 0 Å². The molecular weight excluding hydrogens is 419 g/mol. The van der Waals surface area contributed by atoms with Crippen molar-refractivity contribution in [3.63, 3.8) is 0 Å². The fraction of sp³-hybridized carbons (Fsp3) is 0.250. The van der Waals surface area contributed by atoms with E-state index in [0.29, 0.717) is 22.7 Å². The molecule has 0 bridgehead atoms. The van der Waals surface area contributed by atoms with Gasteiger partial charge in [0.2, 0.25) is 5.91 Å². The van der Waals surface area contributed by atoms with E-state index in [1.807, 2.05) is 6.07 Å². The maximum atomic E-state index is 13.5. The Morgan fingerprint density at radius 1 is 1.03 bits per heavy atom. The number of carbonyl (C=O) groups is 1. The molecule has 164 valence electrons. The summed E-state index contributed by atoms with van der Waals surface area (Å²) >= 11 is 0. The first kappa shape index (κ1) is 20.4. The molecule has 2 heterocycles. The Kier molecular flexibility index (Phi) is 4.80. The highest BCUT2D eigenvalue weighted by Gasteiger charge is 2.34. The second-order valence-corrected chi connectivity index (χ2v) is 8.02. The Bertz CT molecular complexity index is 1310. The van der Waals surface area contributed by atoms with Crippen LogP contribution in [-0.4, -0.2) is 15.5 Å². The number of nitrogens with two attached hydrogens (primary N) is 1. The quantitative estimate of drug-likeness (QED) is 0.412. The smallest absolute Gasteiger partial charge is 0.417 e. The van der Waals surface area contributed by atoms with Crippen molar-refractivity contribution < 1.29 is 22.4 Å². The number of fused-ring (bicyclic) bond motifs is 1. The van der Waals surface area contributed by atoms with Crippen LogP contribution in [0.4, 0.5) is 13.2 Å². The number of benzene rings is 2. The lowest BCUT2D eigenvalue weighted by Crippen LogP contribution is -2.10. The molecule has 2 aromatic carbocycles. The van der Waals surface area contributed by atoms with E-state index in [1.54, 1.807) is 24.3 Å². The maximum absolute atomic E-state index is 13.5. The molecule has 1 amide bonds. The number of imidazole rings is 1. The van der Waals surface area contributed by atoms with Crippen LogP contribution in [0.1, 0.15) is 47.6 Å². The molecule has 1 saturated carbocycles. The molecule has 5 rings (SSSR count). The van der Waals surface area contributed by atoms with Gasteiger partial charge in [-0.1, -0.05) is 31.0 Å². The predicted molar refractivity (Wildman–Crippen MR) is 114 cm³/mol. The fourth-order valence-corrected chi connectivity index (χ4v) is 4.51.